The number of hydrogen-bond donors (Lipinski definition) is 0. The molecular weight excluding hydrogens is 336 g/mol. The number of benzene rings is 2. The molecule has 0 spiro atoms. The van der Waals surface area contributed by atoms with Crippen LogP contribution < -0.4 is 4.90 Å². The average molecular weight is 359 g/mol. The summed E-state index contributed by atoms with van der Waals surface area (Å²) in [4.78, 5) is 17.4. The maximum Gasteiger partial charge on any atom is 0.239 e. The van der Waals surface area contributed by atoms with E-state index in [2.05, 4.69) is 17.0 Å². The smallest absolute Gasteiger partial charge is 0.239 e. The van der Waals surface area contributed by atoms with Gasteiger partial charge < -0.3 is 9.64 Å². The monoisotopic (exact) mass is 358 g/mol. The molecular formula is C20H23ClN2O2. The van der Waals surface area contributed by atoms with Gasteiger partial charge in [-0.05, 0) is 17.2 Å². The highest BCUT2D eigenvalue weighted by Gasteiger charge is 2.37. The average Bonchev–Trinajstić information content (AvgIpc) is 2.93. The van der Waals surface area contributed by atoms with Crippen molar-refractivity contribution < 1.29 is 9.53 Å². The zero-order chi connectivity index (χ0) is 16.4. The van der Waals surface area contributed by atoms with Crippen LogP contribution in [0.15, 0.2) is 54.6 Å². The van der Waals surface area contributed by atoms with Crippen LogP contribution in [0.2, 0.25) is 0 Å². The minimum Gasteiger partial charge on any atom is -0.379 e. The SMILES string of the molecule is Cl.O=C1C(c2ccccc2)c2ccccc2N1CCN1CCOCC1. The Kier molecular flexibility index (Phi) is 5.74. The van der Waals surface area contributed by atoms with Crippen LogP contribution in [0.5, 0.6) is 0 Å². The Balaban J connectivity index is 0.00000182. The first-order chi connectivity index (χ1) is 11.8. The summed E-state index contributed by atoms with van der Waals surface area (Å²) in [6.45, 7) is 5.11. The van der Waals surface area contributed by atoms with E-state index in [1.165, 1.54) is 0 Å². The minimum absolute atomic E-state index is 0. The zero-order valence-electron chi connectivity index (χ0n) is 14.1. The molecule has 0 N–H and O–H groups in total. The number of halogens is 1. The van der Waals surface area contributed by atoms with Crippen molar-refractivity contribution in [3.63, 3.8) is 0 Å². The number of amides is 1. The highest BCUT2D eigenvalue weighted by Crippen LogP contribution is 2.40. The maximum absolute atomic E-state index is 13.1. The molecule has 0 radical (unpaired) electrons. The summed E-state index contributed by atoms with van der Waals surface area (Å²) in [6.07, 6.45) is 0. The van der Waals surface area contributed by atoms with E-state index in [0.717, 1.165) is 56.2 Å². The summed E-state index contributed by atoms with van der Waals surface area (Å²) >= 11 is 0. The predicted octanol–water partition coefficient (Wildman–Crippen LogP) is 2.92. The molecule has 2 aliphatic rings. The van der Waals surface area contributed by atoms with E-state index in [-0.39, 0.29) is 24.2 Å². The lowest BCUT2D eigenvalue weighted by molar-refractivity contribution is -0.118. The molecule has 2 aliphatic heterocycles. The lowest BCUT2D eigenvalue weighted by Crippen LogP contribution is -2.42. The van der Waals surface area contributed by atoms with Gasteiger partial charge in [0, 0.05) is 31.9 Å². The standard InChI is InChI=1S/C20H22N2O2.ClH/c23-20-19(16-6-2-1-3-7-16)17-8-4-5-9-18(17)22(20)11-10-21-12-14-24-15-13-21;/h1-9,19H,10-15H2;1H. The van der Waals surface area contributed by atoms with E-state index < -0.39 is 0 Å². The molecule has 4 nitrogen and oxygen atoms in total. The molecule has 25 heavy (non-hydrogen) atoms. The van der Waals surface area contributed by atoms with E-state index in [1.54, 1.807) is 0 Å². The lowest BCUT2D eigenvalue weighted by Gasteiger charge is -2.28. The predicted molar refractivity (Wildman–Crippen MR) is 102 cm³/mol. The summed E-state index contributed by atoms with van der Waals surface area (Å²) < 4.78 is 5.40. The molecule has 0 aliphatic carbocycles. The van der Waals surface area contributed by atoms with Crippen LogP contribution in [0.3, 0.4) is 0 Å². The fourth-order valence-electron chi connectivity index (χ4n) is 3.65. The van der Waals surface area contributed by atoms with Crippen LogP contribution in [0, 0.1) is 0 Å². The van der Waals surface area contributed by atoms with Gasteiger partial charge in [0.2, 0.25) is 5.91 Å². The Labute approximate surface area is 154 Å². The number of para-hydroxylation sites is 1. The van der Waals surface area contributed by atoms with Gasteiger partial charge in [-0.1, -0.05) is 48.5 Å². The fraction of sp³-hybridized carbons (Fsp3) is 0.350. The largest absolute Gasteiger partial charge is 0.379 e. The van der Waals surface area contributed by atoms with Crippen molar-refractivity contribution in [1.82, 2.24) is 4.90 Å². The number of carbonyl (C=O) groups excluding carboxylic acids is 1. The van der Waals surface area contributed by atoms with Crippen LogP contribution in [0.25, 0.3) is 0 Å². The van der Waals surface area contributed by atoms with Gasteiger partial charge in [0.15, 0.2) is 0 Å². The van der Waals surface area contributed by atoms with Crippen molar-refractivity contribution in [2.24, 2.45) is 0 Å². The fourth-order valence-corrected chi connectivity index (χ4v) is 3.65. The number of carbonyl (C=O) groups is 1. The Morgan fingerprint density at radius 1 is 0.920 bits per heavy atom. The van der Waals surface area contributed by atoms with E-state index in [4.69, 9.17) is 4.74 Å². The summed E-state index contributed by atoms with van der Waals surface area (Å²) in [5, 5.41) is 0. The van der Waals surface area contributed by atoms with Crippen LogP contribution in [-0.2, 0) is 9.53 Å². The number of anilines is 1. The third-order valence-electron chi connectivity index (χ3n) is 4.93. The molecule has 1 atom stereocenters. The number of fused-ring (bicyclic) bond motifs is 1. The summed E-state index contributed by atoms with van der Waals surface area (Å²) in [6, 6.07) is 18.3. The molecule has 2 heterocycles. The molecule has 0 saturated carbocycles. The van der Waals surface area contributed by atoms with Gasteiger partial charge in [0.05, 0.1) is 19.1 Å². The number of ether oxygens (including phenoxy) is 1. The normalized spacial score (nSPS) is 20.2. The number of hydrogen-bond acceptors (Lipinski definition) is 3. The molecule has 2 aromatic rings. The topological polar surface area (TPSA) is 32.8 Å². The molecule has 5 heteroatoms. The Bertz CT molecular complexity index is 717. The molecule has 4 rings (SSSR count). The third kappa shape index (κ3) is 3.56. The van der Waals surface area contributed by atoms with Gasteiger partial charge in [0.1, 0.15) is 0 Å². The van der Waals surface area contributed by atoms with Gasteiger partial charge in [0.25, 0.3) is 0 Å². The molecule has 0 bridgehead atoms. The van der Waals surface area contributed by atoms with Crippen molar-refractivity contribution in [2.75, 3.05) is 44.3 Å². The van der Waals surface area contributed by atoms with Crippen LogP contribution >= 0.6 is 12.4 Å². The quantitative estimate of drug-likeness (QED) is 0.842. The molecule has 132 valence electrons. The molecule has 1 fully saturated rings. The number of nitrogens with zero attached hydrogens (tertiary/aromatic N) is 2. The van der Waals surface area contributed by atoms with Crippen LogP contribution in [-0.4, -0.2) is 50.2 Å². The van der Waals surface area contributed by atoms with Crippen LogP contribution in [0.4, 0.5) is 5.69 Å². The molecule has 1 amide bonds. The van der Waals surface area contributed by atoms with Crippen molar-refractivity contribution in [3.05, 3.63) is 65.7 Å². The van der Waals surface area contributed by atoms with Gasteiger partial charge >= 0.3 is 0 Å². The highest BCUT2D eigenvalue weighted by molar-refractivity contribution is 6.07. The van der Waals surface area contributed by atoms with Crippen molar-refractivity contribution >= 4 is 24.0 Å². The van der Waals surface area contributed by atoms with E-state index >= 15 is 0 Å². The summed E-state index contributed by atoms with van der Waals surface area (Å²) in [7, 11) is 0. The maximum atomic E-state index is 13.1. The minimum atomic E-state index is -0.174. The first-order valence-corrected chi connectivity index (χ1v) is 8.60. The van der Waals surface area contributed by atoms with Gasteiger partial charge in [-0.25, -0.2) is 0 Å². The first kappa shape index (κ1) is 17.9. The molecule has 1 saturated heterocycles. The Morgan fingerprint density at radius 2 is 1.60 bits per heavy atom. The second-order valence-electron chi connectivity index (χ2n) is 6.35. The zero-order valence-corrected chi connectivity index (χ0v) is 15.0. The first-order valence-electron chi connectivity index (χ1n) is 8.60. The second kappa shape index (κ2) is 8.00. The molecule has 1 unspecified atom stereocenters. The van der Waals surface area contributed by atoms with Crippen LogP contribution in [0.1, 0.15) is 17.0 Å². The Hall–Kier alpha value is -1.88. The van der Waals surface area contributed by atoms with Crippen molar-refractivity contribution in [1.29, 1.82) is 0 Å². The van der Waals surface area contributed by atoms with E-state index in [9.17, 15) is 4.79 Å². The van der Waals surface area contributed by atoms with Gasteiger partial charge in [-0.3, -0.25) is 9.69 Å². The van der Waals surface area contributed by atoms with Crippen molar-refractivity contribution in [3.8, 4) is 0 Å². The summed E-state index contributed by atoms with van der Waals surface area (Å²) in [5.74, 6) is 0.0164. The third-order valence-corrected chi connectivity index (χ3v) is 4.93. The lowest BCUT2D eigenvalue weighted by atomic mass is 9.93. The molecule has 2 aromatic carbocycles. The van der Waals surface area contributed by atoms with E-state index in [1.807, 2.05) is 47.4 Å². The van der Waals surface area contributed by atoms with Gasteiger partial charge in [-0.2, -0.15) is 0 Å². The Morgan fingerprint density at radius 3 is 2.36 bits per heavy atom. The van der Waals surface area contributed by atoms with E-state index in [0.29, 0.717) is 0 Å². The van der Waals surface area contributed by atoms with Crippen molar-refractivity contribution in [2.45, 2.75) is 5.92 Å². The number of rotatable bonds is 4. The summed E-state index contributed by atoms with van der Waals surface area (Å²) in [5.41, 5.74) is 3.25. The number of morpholine rings is 1. The highest BCUT2D eigenvalue weighted by atomic mass is 35.5. The second-order valence-corrected chi connectivity index (χ2v) is 6.35. The molecule has 0 aromatic heterocycles. The van der Waals surface area contributed by atoms with Gasteiger partial charge in [-0.15, -0.1) is 12.4 Å².